The van der Waals surface area contributed by atoms with Gasteiger partial charge in [-0.3, -0.25) is 0 Å². The van der Waals surface area contributed by atoms with Gasteiger partial charge >= 0.3 is 0 Å². The summed E-state index contributed by atoms with van der Waals surface area (Å²) in [7, 11) is -1.70. The first kappa shape index (κ1) is 14.3. The van der Waals surface area contributed by atoms with Crippen molar-refractivity contribution in [2.24, 2.45) is 0 Å². The van der Waals surface area contributed by atoms with Gasteiger partial charge in [0.15, 0.2) is 0 Å². The summed E-state index contributed by atoms with van der Waals surface area (Å²) in [5.41, 5.74) is 2.54. The molecule has 0 unspecified atom stereocenters. The molecule has 0 aromatic heterocycles. The molecule has 1 rings (SSSR count). The predicted octanol–water partition coefficient (Wildman–Crippen LogP) is 5.16. The highest BCUT2D eigenvalue weighted by Crippen LogP contribution is 2.38. The topological polar surface area (TPSA) is 9.23 Å². The molecule has 0 heterocycles. The first-order valence-corrected chi connectivity index (χ1v) is 8.95. The second-order valence-electron chi connectivity index (χ2n) is 5.49. The summed E-state index contributed by atoms with van der Waals surface area (Å²) >= 11 is 0. The normalized spacial score (nSPS) is 12.2. The van der Waals surface area contributed by atoms with E-state index in [2.05, 4.69) is 65.8 Å². The van der Waals surface area contributed by atoms with Gasteiger partial charge in [-0.15, -0.1) is 0 Å². The number of hydrogen-bond acceptors (Lipinski definition) is 1. The maximum absolute atomic E-state index is 6.54. The Morgan fingerprint density at radius 3 is 2.00 bits per heavy atom. The lowest BCUT2D eigenvalue weighted by Gasteiger charge is -2.38. The van der Waals surface area contributed by atoms with Gasteiger partial charge in [-0.1, -0.05) is 52.8 Å². The van der Waals surface area contributed by atoms with Crippen LogP contribution in [0.4, 0.5) is 0 Å². The molecule has 0 saturated carbocycles. The predicted molar refractivity (Wildman–Crippen MR) is 78.2 cm³/mol. The van der Waals surface area contributed by atoms with Crippen molar-refractivity contribution in [3.8, 4) is 5.75 Å². The number of benzene rings is 1. The van der Waals surface area contributed by atoms with Crippen LogP contribution >= 0.6 is 0 Å². The van der Waals surface area contributed by atoms with Crippen molar-refractivity contribution >= 4 is 8.32 Å². The minimum atomic E-state index is -1.70. The number of hydrogen-bond donors (Lipinski definition) is 0. The average Bonchev–Trinajstić information content (AvgIpc) is 2.27. The molecule has 0 radical (unpaired) electrons. The number of rotatable bonds is 5. The van der Waals surface area contributed by atoms with Crippen LogP contribution in [-0.4, -0.2) is 8.32 Å². The second-order valence-corrected chi connectivity index (χ2v) is 10.6. The Labute approximate surface area is 107 Å². The molecular formula is C15H26OSi. The first-order valence-electron chi connectivity index (χ1n) is 6.68. The van der Waals surface area contributed by atoms with Crippen molar-refractivity contribution in [2.75, 3.05) is 0 Å². The van der Waals surface area contributed by atoms with Gasteiger partial charge in [0.1, 0.15) is 5.75 Å². The van der Waals surface area contributed by atoms with E-state index < -0.39 is 8.32 Å². The molecule has 0 N–H and O–H groups in total. The van der Waals surface area contributed by atoms with E-state index in [9.17, 15) is 0 Å². The minimum Gasteiger partial charge on any atom is -0.543 e. The van der Waals surface area contributed by atoms with Gasteiger partial charge in [-0.05, 0) is 35.7 Å². The van der Waals surface area contributed by atoms with E-state index in [1.807, 2.05) is 0 Å². The van der Waals surface area contributed by atoms with Crippen LogP contribution in [0.2, 0.25) is 17.1 Å². The van der Waals surface area contributed by atoms with Crippen LogP contribution in [0.25, 0.3) is 0 Å². The summed E-state index contributed by atoms with van der Waals surface area (Å²) in [6.07, 6.45) is 0. The smallest absolute Gasteiger partial charge is 0.256 e. The molecule has 0 bridgehead atoms. The Bertz CT molecular complexity index is 350. The highest BCUT2D eigenvalue weighted by molar-refractivity contribution is 6.77. The summed E-state index contributed by atoms with van der Waals surface area (Å²) in [6.45, 7) is 13.7. The van der Waals surface area contributed by atoms with Crippen molar-refractivity contribution in [2.45, 2.75) is 58.7 Å². The monoisotopic (exact) mass is 250 g/mol. The van der Waals surface area contributed by atoms with Crippen molar-refractivity contribution in [1.82, 2.24) is 0 Å². The Morgan fingerprint density at radius 1 is 1.06 bits per heavy atom. The van der Waals surface area contributed by atoms with Gasteiger partial charge in [-0.25, -0.2) is 0 Å². The van der Waals surface area contributed by atoms with Crippen molar-refractivity contribution in [3.05, 3.63) is 29.8 Å². The van der Waals surface area contributed by atoms with Gasteiger partial charge < -0.3 is 4.43 Å². The third-order valence-corrected chi connectivity index (χ3v) is 9.51. The lowest BCUT2D eigenvalue weighted by atomic mass is 10.2. The largest absolute Gasteiger partial charge is 0.543 e. The zero-order valence-corrected chi connectivity index (χ0v) is 13.1. The third kappa shape index (κ3) is 2.92. The lowest BCUT2D eigenvalue weighted by molar-refractivity contribution is 0.494. The highest BCUT2D eigenvalue weighted by Gasteiger charge is 2.42. The molecule has 0 amide bonds. The average molecular weight is 250 g/mol. The Balaban J connectivity index is 3.06. The molecule has 96 valence electrons. The third-order valence-electron chi connectivity index (χ3n) is 3.90. The Hall–Kier alpha value is -0.763. The van der Waals surface area contributed by atoms with Gasteiger partial charge in [0, 0.05) is 0 Å². The van der Waals surface area contributed by atoms with Crippen LogP contribution in [-0.2, 0) is 0 Å². The van der Waals surface area contributed by atoms with Gasteiger partial charge in [0.2, 0.25) is 0 Å². The molecule has 0 aliphatic carbocycles. The molecular weight excluding hydrogens is 224 g/mol. The summed E-state index contributed by atoms with van der Waals surface area (Å²) in [5.74, 6) is 1.09. The molecule has 0 aliphatic rings. The Kier molecular flexibility index (Phi) is 4.81. The van der Waals surface area contributed by atoms with E-state index in [1.165, 1.54) is 11.6 Å². The van der Waals surface area contributed by atoms with Crippen LogP contribution in [0.15, 0.2) is 24.3 Å². The maximum Gasteiger partial charge on any atom is 0.256 e. The Morgan fingerprint density at radius 2 is 1.59 bits per heavy atom. The van der Waals surface area contributed by atoms with E-state index in [-0.39, 0.29) is 0 Å². The second kappa shape index (κ2) is 5.72. The van der Waals surface area contributed by atoms with E-state index in [1.54, 1.807) is 0 Å². The number of para-hydroxylation sites is 1. The summed E-state index contributed by atoms with van der Waals surface area (Å²) in [6, 6.07) is 9.55. The van der Waals surface area contributed by atoms with E-state index >= 15 is 0 Å². The van der Waals surface area contributed by atoms with Crippen LogP contribution < -0.4 is 4.43 Å². The molecule has 1 aromatic carbocycles. The zero-order chi connectivity index (χ0) is 13.1. The molecule has 0 spiro atoms. The SMILES string of the molecule is CC[Si](Oc1ccccc1C)(C(C)C)C(C)C. The molecule has 1 nitrogen and oxygen atoms in total. The summed E-state index contributed by atoms with van der Waals surface area (Å²) in [4.78, 5) is 0. The molecule has 0 fully saturated rings. The van der Waals surface area contributed by atoms with Crippen LogP contribution in [0, 0.1) is 6.92 Å². The molecule has 17 heavy (non-hydrogen) atoms. The molecule has 2 heteroatoms. The zero-order valence-electron chi connectivity index (χ0n) is 12.1. The molecule has 0 aliphatic heterocycles. The fourth-order valence-electron chi connectivity index (χ4n) is 2.67. The fourth-order valence-corrected chi connectivity index (χ4v) is 6.89. The van der Waals surface area contributed by atoms with E-state index in [0.717, 1.165) is 5.75 Å². The van der Waals surface area contributed by atoms with E-state index in [0.29, 0.717) is 11.1 Å². The first-order chi connectivity index (χ1) is 7.94. The van der Waals surface area contributed by atoms with Crippen molar-refractivity contribution in [1.29, 1.82) is 0 Å². The summed E-state index contributed by atoms with van der Waals surface area (Å²) in [5, 5.41) is 0. The quantitative estimate of drug-likeness (QED) is 0.656. The van der Waals surface area contributed by atoms with Crippen molar-refractivity contribution in [3.63, 3.8) is 0 Å². The number of aryl methyl sites for hydroxylation is 1. The standard InChI is InChI=1S/C15H26OSi/c1-7-17(12(2)3,13(4)5)16-15-11-9-8-10-14(15)6/h8-13H,7H2,1-6H3. The van der Waals surface area contributed by atoms with Crippen LogP contribution in [0.3, 0.4) is 0 Å². The molecule has 1 aromatic rings. The van der Waals surface area contributed by atoms with Gasteiger partial charge in [-0.2, -0.15) is 0 Å². The highest BCUT2D eigenvalue weighted by atomic mass is 28.4. The van der Waals surface area contributed by atoms with Crippen molar-refractivity contribution < 1.29 is 4.43 Å². The van der Waals surface area contributed by atoms with Gasteiger partial charge in [0.25, 0.3) is 8.32 Å². The molecule has 0 atom stereocenters. The van der Waals surface area contributed by atoms with E-state index in [4.69, 9.17) is 4.43 Å². The van der Waals surface area contributed by atoms with Crippen LogP contribution in [0.5, 0.6) is 5.75 Å². The van der Waals surface area contributed by atoms with Crippen LogP contribution in [0.1, 0.15) is 40.2 Å². The molecule has 0 saturated heterocycles. The lowest BCUT2D eigenvalue weighted by Crippen LogP contribution is -2.47. The minimum absolute atomic E-state index is 0.645. The summed E-state index contributed by atoms with van der Waals surface area (Å²) < 4.78 is 6.54. The fraction of sp³-hybridized carbons (Fsp3) is 0.600. The maximum atomic E-state index is 6.54. The van der Waals surface area contributed by atoms with Gasteiger partial charge in [0.05, 0.1) is 0 Å².